The van der Waals surface area contributed by atoms with Gasteiger partial charge in [0.2, 0.25) is 5.78 Å². The number of halogens is 3. The molecule has 0 spiro atoms. The number of ketones is 1. The molecule has 0 radical (unpaired) electrons. The molecule has 0 N–H and O–H groups in total. The fourth-order valence-electron chi connectivity index (χ4n) is 1.89. The van der Waals surface area contributed by atoms with E-state index < -0.39 is 35.3 Å². The van der Waals surface area contributed by atoms with Crippen LogP contribution < -0.4 is 0 Å². The molecule has 0 heterocycles. The van der Waals surface area contributed by atoms with Crippen molar-refractivity contribution in [3.63, 3.8) is 0 Å². The largest absolute Gasteiger partial charge is 0.451 e. The molecule has 0 amide bonds. The van der Waals surface area contributed by atoms with Gasteiger partial charge in [0.25, 0.3) is 0 Å². The van der Waals surface area contributed by atoms with Gasteiger partial charge < -0.3 is 4.74 Å². The van der Waals surface area contributed by atoms with Crippen LogP contribution in [0.4, 0.5) is 13.2 Å². The van der Waals surface area contributed by atoms with Gasteiger partial charge in [-0.15, -0.1) is 0 Å². The van der Waals surface area contributed by atoms with Crippen molar-refractivity contribution in [1.29, 1.82) is 0 Å². The summed E-state index contributed by atoms with van der Waals surface area (Å²) in [6, 6.07) is 8.09. The van der Waals surface area contributed by atoms with Crippen molar-refractivity contribution >= 4 is 17.8 Å². The van der Waals surface area contributed by atoms with Crippen molar-refractivity contribution < 1.29 is 27.5 Å². The molecule has 0 bridgehead atoms. The average molecular weight is 334 g/mol. The smallest absolute Gasteiger partial charge is 0.331 e. The molecule has 0 aliphatic rings. The summed E-state index contributed by atoms with van der Waals surface area (Å²) in [4.78, 5) is 23.7. The Bertz CT molecular complexity index is 783. The summed E-state index contributed by atoms with van der Waals surface area (Å²) in [6.45, 7) is 1.33. The number of Topliss-reactive ketones (excluding diaryl/α,β-unsaturated/α-hetero) is 1. The van der Waals surface area contributed by atoms with Crippen LogP contribution >= 0.6 is 0 Å². The Morgan fingerprint density at radius 1 is 1.00 bits per heavy atom. The number of benzene rings is 2. The van der Waals surface area contributed by atoms with Crippen LogP contribution in [0, 0.1) is 17.5 Å². The second-order valence-corrected chi connectivity index (χ2v) is 4.96. The second kappa shape index (κ2) is 7.59. The minimum absolute atomic E-state index is 0.100. The SMILES string of the molecule is CC(OC(=O)/C=C/c1ccc(F)cc1)C(=O)c1ccc(F)c(F)c1. The summed E-state index contributed by atoms with van der Waals surface area (Å²) in [7, 11) is 0. The third-order valence-electron chi connectivity index (χ3n) is 3.15. The Morgan fingerprint density at radius 2 is 1.67 bits per heavy atom. The molecule has 0 aromatic heterocycles. The van der Waals surface area contributed by atoms with Gasteiger partial charge in [-0.25, -0.2) is 18.0 Å². The Morgan fingerprint density at radius 3 is 2.29 bits per heavy atom. The minimum atomic E-state index is -1.17. The summed E-state index contributed by atoms with van der Waals surface area (Å²) >= 11 is 0. The summed E-state index contributed by atoms with van der Waals surface area (Å²) in [5, 5.41) is 0. The molecule has 2 aromatic carbocycles. The zero-order chi connectivity index (χ0) is 17.7. The number of hydrogen-bond donors (Lipinski definition) is 0. The van der Waals surface area contributed by atoms with Crippen LogP contribution in [0.3, 0.4) is 0 Å². The number of hydrogen-bond acceptors (Lipinski definition) is 3. The first kappa shape index (κ1) is 17.5. The van der Waals surface area contributed by atoms with Crippen molar-refractivity contribution in [3.05, 3.63) is 77.1 Å². The van der Waals surface area contributed by atoms with E-state index in [1.165, 1.54) is 37.3 Å². The first-order valence-electron chi connectivity index (χ1n) is 7.00. The standard InChI is InChI=1S/C18H13F3O3/c1-11(18(23)13-5-8-15(20)16(21)10-13)24-17(22)9-4-12-2-6-14(19)7-3-12/h2-11H,1H3/b9-4+. The number of ether oxygens (including phenoxy) is 1. The zero-order valence-electron chi connectivity index (χ0n) is 12.6. The molecule has 2 rings (SSSR count). The Labute approximate surface area is 136 Å². The Kier molecular flexibility index (Phi) is 5.52. The molecule has 0 aliphatic carbocycles. The highest BCUT2D eigenvalue weighted by Crippen LogP contribution is 2.12. The van der Waals surface area contributed by atoms with Crippen LogP contribution in [-0.4, -0.2) is 17.9 Å². The molecule has 1 atom stereocenters. The van der Waals surface area contributed by atoms with Gasteiger partial charge in [-0.05, 0) is 48.9 Å². The van der Waals surface area contributed by atoms with Gasteiger partial charge in [-0.3, -0.25) is 4.79 Å². The fourth-order valence-corrected chi connectivity index (χ4v) is 1.89. The predicted molar refractivity (Wildman–Crippen MR) is 81.7 cm³/mol. The fraction of sp³-hybridized carbons (Fsp3) is 0.111. The summed E-state index contributed by atoms with van der Waals surface area (Å²) in [5.74, 6) is -4.07. The second-order valence-electron chi connectivity index (χ2n) is 4.96. The maximum atomic E-state index is 13.1. The van der Waals surface area contributed by atoms with Crippen LogP contribution in [0.5, 0.6) is 0 Å². The van der Waals surface area contributed by atoms with Crippen molar-refractivity contribution in [2.45, 2.75) is 13.0 Å². The lowest BCUT2D eigenvalue weighted by Gasteiger charge is -2.11. The third-order valence-corrected chi connectivity index (χ3v) is 3.15. The predicted octanol–water partition coefficient (Wildman–Crippen LogP) is 3.93. The van der Waals surface area contributed by atoms with Gasteiger partial charge in [0, 0.05) is 11.6 Å². The third kappa shape index (κ3) is 4.55. The molecule has 0 saturated heterocycles. The molecule has 0 aliphatic heterocycles. The highest BCUT2D eigenvalue weighted by Gasteiger charge is 2.19. The number of esters is 1. The lowest BCUT2D eigenvalue weighted by atomic mass is 10.1. The first-order valence-corrected chi connectivity index (χ1v) is 7.00. The maximum Gasteiger partial charge on any atom is 0.331 e. The molecule has 0 fully saturated rings. The van der Waals surface area contributed by atoms with Crippen LogP contribution in [0.25, 0.3) is 6.08 Å². The number of carbonyl (C=O) groups is 2. The molecular weight excluding hydrogens is 321 g/mol. The van der Waals surface area contributed by atoms with Crippen molar-refractivity contribution in [2.24, 2.45) is 0 Å². The van der Waals surface area contributed by atoms with E-state index in [0.29, 0.717) is 5.56 Å². The molecule has 24 heavy (non-hydrogen) atoms. The van der Waals surface area contributed by atoms with Crippen molar-refractivity contribution in [1.82, 2.24) is 0 Å². The normalized spacial score (nSPS) is 12.2. The van der Waals surface area contributed by atoms with E-state index in [4.69, 9.17) is 4.74 Å². The maximum absolute atomic E-state index is 13.1. The van der Waals surface area contributed by atoms with Crippen molar-refractivity contribution in [3.8, 4) is 0 Å². The minimum Gasteiger partial charge on any atom is -0.451 e. The van der Waals surface area contributed by atoms with Crippen LogP contribution in [0.1, 0.15) is 22.8 Å². The molecule has 3 nitrogen and oxygen atoms in total. The molecule has 6 heteroatoms. The Balaban J connectivity index is 1.98. The lowest BCUT2D eigenvalue weighted by molar-refractivity contribution is -0.140. The van der Waals surface area contributed by atoms with Gasteiger partial charge >= 0.3 is 5.97 Å². The van der Waals surface area contributed by atoms with Gasteiger partial charge in [0.1, 0.15) is 5.82 Å². The highest BCUT2D eigenvalue weighted by atomic mass is 19.2. The monoisotopic (exact) mass is 334 g/mol. The zero-order valence-corrected chi connectivity index (χ0v) is 12.6. The van der Waals surface area contributed by atoms with E-state index in [1.54, 1.807) is 0 Å². The lowest BCUT2D eigenvalue weighted by Crippen LogP contribution is -2.23. The van der Waals surface area contributed by atoms with Gasteiger partial charge in [-0.1, -0.05) is 12.1 Å². The van der Waals surface area contributed by atoms with Gasteiger partial charge in [-0.2, -0.15) is 0 Å². The molecular formula is C18H13F3O3. The molecule has 2 aromatic rings. The topological polar surface area (TPSA) is 43.4 Å². The van der Waals surface area contributed by atoms with E-state index in [2.05, 4.69) is 0 Å². The average Bonchev–Trinajstić information content (AvgIpc) is 2.56. The van der Waals surface area contributed by atoms with E-state index >= 15 is 0 Å². The van der Waals surface area contributed by atoms with Crippen LogP contribution in [0.2, 0.25) is 0 Å². The van der Waals surface area contributed by atoms with Crippen LogP contribution in [-0.2, 0) is 9.53 Å². The number of rotatable bonds is 5. The van der Waals surface area contributed by atoms with E-state index in [0.717, 1.165) is 24.3 Å². The first-order chi connectivity index (χ1) is 11.4. The van der Waals surface area contributed by atoms with E-state index in [1.807, 2.05) is 0 Å². The molecule has 1 unspecified atom stereocenters. The summed E-state index contributed by atoms with van der Waals surface area (Å²) < 4.78 is 43.7. The van der Waals surface area contributed by atoms with Crippen LogP contribution in [0.15, 0.2) is 48.5 Å². The number of carbonyl (C=O) groups excluding carboxylic acids is 2. The Hall–Kier alpha value is -2.89. The molecule has 0 saturated carbocycles. The van der Waals surface area contributed by atoms with E-state index in [-0.39, 0.29) is 5.56 Å². The van der Waals surface area contributed by atoms with Crippen molar-refractivity contribution in [2.75, 3.05) is 0 Å². The van der Waals surface area contributed by atoms with Gasteiger partial charge in [0.05, 0.1) is 0 Å². The molecule has 124 valence electrons. The summed E-state index contributed by atoms with van der Waals surface area (Å²) in [6.07, 6.45) is 1.32. The van der Waals surface area contributed by atoms with Gasteiger partial charge in [0.15, 0.2) is 17.7 Å². The van der Waals surface area contributed by atoms with E-state index in [9.17, 15) is 22.8 Å². The highest BCUT2D eigenvalue weighted by molar-refractivity contribution is 6.01. The summed E-state index contributed by atoms with van der Waals surface area (Å²) in [5.41, 5.74) is 0.477. The quantitative estimate of drug-likeness (QED) is 0.473.